The van der Waals surface area contributed by atoms with Crippen molar-refractivity contribution in [3.05, 3.63) is 194 Å². The minimum absolute atomic E-state index is 1.05. The standard InChI is InChI=1S/C54H41N/c1-2-3-35-55-51-20-12-11-15-45(51)50-36-44(33-34-52(50)55)41-27-31-43(32-28-41)54-48-18-9-7-16-46(48)53(47-17-8-10-19-49(47)54)42-29-25-40(26-30-42)39-23-21-38(22-24-39)37-13-5-4-6-14-37/h4-34,36H,2-3,35H2,1H3. The molecule has 0 aliphatic heterocycles. The Kier molecular flexibility index (Phi) is 8.34. The Morgan fingerprint density at radius 2 is 0.673 bits per heavy atom. The molecule has 0 bridgehead atoms. The summed E-state index contributed by atoms with van der Waals surface area (Å²) in [6.07, 6.45) is 2.36. The van der Waals surface area contributed by atoms with E-state index in [1.807, 2.05) is 0 Å². The molecule has 0 spiro atoms. The van der Waals surface area contributed by atoms with Gasteiger partial charge >= 0.3 is 0 Å². The molecule has 10 rings (SSSR count). The Labute approximate surface area is 322 Å². The summed E-state index contributed by atoms with van der Waals surface area (Å²) in [6, 6.07) is 71.5. The van der Waals surface area contributed by atoms with Crippen LogP contribution in [0.15, 0.2) is 194 Å². The normalized spacial score (nSPS) is 11.6. The first-order valence-electron chi connectivity index (χ1n) is 19.6. The lowest BCUT2D eigenvalue weighted by molar-refractivity contribution is 0.665. The van der Waals surface area contributed by atoms with Gasteiger partial charge in [-0.2, -0.15) is 0 Å². The molecule has 1 heteroatoms. The molecule has 0 saturated heterocycles. The molecule has 1 nitrogen and oxygen atoms in total. The first-order chi connectivity index (χ1) is 27.2. The SMILES string of the molecule is CCCCn1c2ccccc2c2cc(-c3ccc(-c4c5ccccc5c(-c5ccc(-c6ccc(-c7ccccc7)cc6)cc5)c5ccccc45)cc3)ccc21. The molecule has 0 saturated carbocycles. The number of nitrogens with zero attached hydrogens (tertiary/aromatic N) is 1. The van der Waals surface area contributed by atoms with Crippen LogP contribution in [0.2, 0.25) is 0 Å². The van der Waals surface area contributed by atoms with E-state index in [0.717, 1.165) is 6.54 Å². The zero-order chi connectivity index (χ0) is 36.7. The third-order valence-electron chi connectivity index (χ3n) is 11.4. The van der Waals surface area contributed by atoms with Gasteiger partial charge in [0.2, 0.25) is 0 Å². The maximum absolute atomic E-state index is 2.50. The van der Waals surface area contributed by atoms with Crippen molar-refractivity contribution in [3.8, 4) is 55.6 Å². The lowest BCUT2D eigenvalue weighted by Gasteiger charge is -2.18. The van der Waals surface area contributed by atoms with Gasteiger partial charge in [0.15, 0.2) is 0 Å². The van der Waals surface area contributed by atoms with E-state index in [1.165, 1.54) is 112 Å². The predicted octanol–water partition coefficient (Wildman–Crippen LogP) is 15.2. The van der Waals surface area contributed by atoms with E-state index in [1.54, 1.807) is 0 Å². The molecule has 262 valence electrons. The molecule has 0 radical (unpaired) electrons. The van der Waals surface area contributed by atoms with Gasteiger partial charge in [0.25, 0.3) is 0 Å². The summed E-state index contributed by atoms with van der Waals surface area (Å²) in [6.45, 7) is 3.31. The molecule has 0 N–H and O–H groups in total. The van der Waals surface area contributed by atoms with Crippen LogP contribution in [-0.2, 0) is 6.54 Å². The molecule has 10 aromatic rings. The molecular weight excluding hydrogens is 663 g/mol. The van der Waals surface area contributed by atoms with E-state index in [2.05, 4.69) is 206 Å². The largest absolute Gasteiger partial charge is 0.340 e. The molecule has 0 unspecified atom stereocenters. The maximum Gasteiger partial charge on any atom is 0.0491 e. The molecule has 1 aromatic heterocycles. The highest BCUT2D eigenvalue weighted by molar-refractivity contribution is 6.21. The number of fused-ring (bicyclic) bond motifs is 5. The first-order valence-corrected chi connectivity index (χ1v) is 19.6. The van der Waals surface area contributed by atoms with Crippen LogP contribution in [0.3, 0.4) is 0 Å². The van der Waals surface area contributed by atoms with Crippen LogP contribution >= 0.6 is 0 Å². The topological polar surface area (TPSA) is 4.93 Å². The number of benzene rings is 9. The first kappa shape index (κ1) is 32.9. The number of unbranched alkanes of at least 4 members (excludes halogenated alkanes) is 1. The fraction of sp³-hybridized carbons (Fsp3) is 0.0741. The quantitative estimate of drug-likeness (QED) is 0.139. The fourth-order valence-corrected chi connectivity index (χ4v) is 8.69. The van der Waals surface area contributed by atoms with Gasteiger partial charge in [-0.05, 0) is 102 Å². The van der Waals surface area contributed by atoms with Crippen molar-refractivity contribution in [2.75, 3.05) is 0 Å². The Hall–Kier alpha value is -6.70. The summed E-state index contributed by atoms with van der Waals surface area (Å²) < 4.78 is 2.50. The number of aryl methyl sites for hydroxylation is 1. The maximum atomic E-state index is 2.50. The van der Waals surface area contributed by atoms with E-state index in [4.69, 9.17) is 0 Å². The highest BCUT2D eigenvalue weighted by atomic mass is 15.0. The van der Waals surface area contributed by atoms with E-state index in [-0.39, 0.29) is 0 Å². The summed E-state index contributed by atoms with van der Waals surface area (Å²) in [5.74, 6) is 0. The van der Waals surface area contributed by atoms with Gasteiger partial charge in [-0.25, -0.2) is 0 Å². The predicted molar refractivity (Wildman–Crippen MR) is 237 cm³/mol. The van der Waals surface area contributed by atoms with Crippen LogP contribution in [0, 0.1) is 0 Å². The number of para-hydroxylation sites is 1. The van der Waals surface area contributed by atoms with Crippen molar-refractivity contribution in [2.45, 2.75) is 26.3 Å². The molecule has 0 amide bonds. The Morgan fingerprint density at radius 3 is 1.16 bits per heavy atom. The van der Waals surface area contributed by atoms with Crippen LogP contribution in [0.5, 0.6) is 0 Å². The second-order valence-electron chi connectivity index (χ2n) is 14.7. The molecule has 0 fully saturated rings. The van der Waals surface area contributed by atoms with Gasteiger partial charge in [-0.3, -0.25) is 0 Å². The van der Waals surface area contributed by atoms with Gasteiger partial charge < -0.3 is 4.57 Å². The van der Waals surface area contributed by atoms with Crippen LogP contribution in [0.4, 0.5) is 0 Å². The van der Waals surface area contributed by atoms with Crippen molar-refractivity contribution in [1.29, 1.82) is 0 Å². The summed E-state index contributed by atoms with van der Waals surface area (Å²) in [5.41, 5.74) is 15.1. The van der Waals surface area contributed by atoms with Crippen molar-refractivity contribution in [2.24, 2.45) is 0 Å². The molecular formula is C54H41N. The van der Waals surface area contributed by atoms with Gasteiger partial charge in [0, 0.05) is 28.4 Å². The third kappa shape index (κ3) is 5.81. The zero-order valence-electron chi connectivity index (χ0n) is 31.0. The average Bonchev–Trinajstić information content (AvgIpc) is 3.58. The number of rotatable bonds is 8. The summed E-state index contributed by atoms with van der Waals surface area (Å²) in [7, 11) is 0. The highest BCUT2D eigenvalue weighted by Crippen LogP contribution is 2.44. The lowest BCUT2D eigenvalue weighted by atomic mass is 9.85. The van der Waals surface area contributed by atoms with Crippen LogP contribution in [-0.4, -0.2) is 4.57 Å². The van der Waals surface area contributed by atoms with Crippen molar-refractivity contribution < 1.29 is 0 Å². The zero-order valence-corrected chi connectivity index (χ0v) is 31.0. The molecule has 0 atom stereocenters. The molecule has 55 heavy (non-hydrogen) atoms. The third-order valence-corrected chi connectivity index (χ3v) is 11.4. The number of aromatic nitrogens is 1. The van der Waals surface area contributed by atoms with Gasteiger partial charge in [0.05, 0.1) is 0 Å². The lowest BCUT2D eigenvalue weighted by Crippen LogP contribution is -1.96. The minimum Gasteiger partial charge on any atom is -0.340 e. The molecule has 0 aliphatic carbocycles. The minimum atomic E-state index is 1.05. The van der Waals surface area contributed by atoms with E-state index in [0.29, 0.717) is 0 Å². The van der Waals surface area contributed by atoms with Crippen LogP contribution in [0.1, 0.15) is 19.8 Å². The van der Waals surface area contributed by atoms with Gasteiger partial charge in [-0.15, -0.1) is 0 Å². The van der Waals surface area contributed by atoms with Crippen LogP contribution in [0.25, 0.3) is 99.0 Å². The Bertz CT molecular complexity index is 2910. The van der Waals surface area contributed by atoms with E-state index >= 15 is 0 Å². The highest BCUT2D eigenvalue weighted by Gasteiger charge is 2.17. The Morgan fingerprint density at radius 1 is 0.309 bits per heavy atom. The van der Waals surface area contributed by atoms with Crippen molar-refractivity contribution >= 4 is 43.4 Å². The van der Waals surface area contributed by atoms with Crippen LogP contribution < -0.4 is 0 Å². The van der Waals surface area contributed by atoms with Gasteiger partial charge in [0.1, 0.15) is 0 Å². The average molecular weight is 704 g/mol. The van der Waals surface area contributed by atoms with Crippen molar-refractivity contribution in [1.82, 2.24) is 4.57 Å². The molecule has 0 aliphatic rings. The fourth-order valence-electron chi connectivity index (χ4n) is 8.69. The van der Waals surface area contributed by atoms with Gasteiger partial charge in [-0.1, -0.05) is 189 Å². The monoisotopic (exact) mass is 703 g/mol. The smallest absolute Gasteiger partial charge is 0.0491 e. The molecule has 1 heterocycles. The summed E-state index contributed by atoms with van der Waals surface area (Å²) in [4.78, 5) is 0. The number of hydrogen-bond acceptors (Lipinski definition) is 0. The van der Waals surface area contributed by atoms with E-state index < -0.39 is 0 Å². The second kappa shape index (κ2) is 13.9. The second-order valence-corrected chi connectivity index (χ2v) is 14.7. The number of hydrogen-bond donors (Lipinski definition) is 0. The summed E-state index contributed by atoms with van der Waals surface area (Å²) >= 11 is 0. The van der Waals surface area contributed by atoms with E-state index in [9.17, 15) is 0 Å². The van der Waals surface area contributed by atoms with Crippen molar-refractivity contribution in [3.63, 3.8) is 0 Å². The Balaban J connectivity index is 1.03. The summed E-state index contributed by atoms with van der Waals surface area (Å²) in [5, 5.41) is 7.74. The molecule has 9 aromatic carbocycles.